The molecule has 0 bridgehead atoms. The number of thiophene rings is 2. The zero-order valence-corrected chi connectivity index (χ0v) is 30.3. The standard InChI is InChI=1S/C30H54GeS2Si2/c1-10-13-15-16-17-18-20-31(23-24(12-3)19-14-11-2)25-21-27(34(4,5)6)32-29(25)30-26(31)22-28(33-30)35(7,8)9/h21-22,24H,10-20,23H2,1-9H3. The summed E-state index contributed by atoms with van der Waals surface area (Å²) in [6.45, 7) is 22.6. The molecule has 0 saturated heterocycles. The van der Waals surface area contributed by atoms with Crippen LogP contribution in [0.1, 0.15) is 85.0 Å². The molecule has 5 heteroatoms. The summed E-state index contributed by atoms with van der Waals surface area (Å²) in [4.78, 5) is 3.53. The zero-order chi connectivity index (χ0) is 25.9. The van der Waals surface area contributed by atoms with E-state index < -0.39 is 29.4 Å². The third kappa shape index (κ3) is 6.88. The predicted octanol–water partition coefficient (Wildman–Crippen LogP) is 9.02. The van der Waals surface area contributed by atoms with Gasteiger partial charge >= 0.3 is 232 Å². The van der Waals surface area contributed by atoms with Gasteiger partial charge in [-0.3, -0.25) is 0 Å². The van der Waals surface area contributed by atoms with Crippen LogP contribution >= 0.6 is 22.7 Å². The first kappa shape index (κ1) is 29.9. The first-order valence-corrected chi connectivity index (χ1v) is 28.5. The van der Waals surface area contributed by atoms with Gasteiger partial charge in [0, 0.05) is 0 Å². The van der Waals surface area contributed by atoms with Crippen molar-refractivity contribution in [1.82, 2.24) is 0 Å². The summed E-state index contributed by atoms with van der Waals surface area (Å²) in [6.07, 6.45) is 14.2. The molecule has 0 aliphatic carbocycles. The quantitative estimate of drug-likeness (QED) is 0.140. The van der Waals surface area contributed by atoms with Gasteiger partial charge < -0.3 is 0 Å². The monoisotopic (exact) mass is 608 g/mol. The van der Waals surface area contributed by atoms with E-state index in [1.807, 2.05) is 8.79 Å². The summed E-state index contributed by atoms with van der Waals surface area (Å²) in [6, 6.07) is 5.63. The van der Waals surface area contributed by atoms with E-state index >= 15 is 0 Å². The Balaban J connectivity index is 2.08. The topological polar surface area (TPSA) is 0 Å². The summed E-state index contributed by atoms with van der Waals surface area (Å²) in [5.41, 5.74) is 0. The summed E-state index contributed by atoms with van der Waals surface area (Å²) in [5, 5.41) is 3.12. The fraction of sp³-hybridized carbons (Fsp3) is 0.733. The van der Waals surface area contributed by atoms with Crippen molar-refractivity contribution in [2.75, 3.05) is 0 Å². The third-order valence-corrected chi connectivity index (χ3v) is 29.9. The average molecular weight is 608 g/mol. The van der Waals surface area contributed by atoms with Crippen molar-refractivity contribution >= 4 is 69.9 Å². The van der Waals surface area contributed by atoms with E-state index in [-0.39, 0.29) is 0 Å². The molecule has 1 aliphatic rings. The molecule has 0 aromatic carbocycles. The van der Waals surface area contributed by atoms with E-state index in [9.17, 15) is 0 Å². The van der Waals surface area contributed by atoms with Gasteiger partial charge in [-0.05, 0) is 0 Å². The fourth-order valence-corrected chi connectivity index (χ4v) is 28.1. The van der Waals surface area contributed by atoms with E-state index in [0.717, 1.165) is 5.92 Å². The van der Waals surface area contributed by atoms with Crippen LogP contribution in [0.5, 0.6) is 0 Å². The van der Waals surface area contributed by atoms with Crippen LogP contribution in [0, 0.1) is 5.92 Å². The van der Waals surface area contributed by atoms with Crippen molar-refractivity contribution in [1.29, 1.82) is 0 Å². The molecule has 198 valence electrons. The molecule has 3 heterocycles. The van der Waals surface area contributed by atoms with Gasteiger partial charge in [0.05, 0.1) is 0 Å². The first-order chi connectivity index (χ1) is 16.5. The number of hydrogen-bond donors (Lipinski definition) is 0. The maximum absolute atomic E-state index is 2.82. The summed E-state index contributed by atoms with van der Waals surface area (Å²) >= 11 is 2.04. The SMILES string of the molecule is CCCCCCC[CH2][Ge]1([CH2]C(CC)CCCC)[c]2cc([Si](C)(C)C)sc2-c2sc([Si](C)(C)C)c[c]21. The Morgan fingerprint density at radius 2 is 1.17 bits per heavy atom. The second kappa shape index (κ2) is 12.5. The van der Waals surface area contributed by atoms with Gasteiger partial charge in [0.25, 0.3) is 0 Å². The molecular weight excluding hydrogens is 553 g/mol. The Hall–Kier alpha value is 0.377. The van der Waals surface area contributed by atoms with Crippen molar-refractivity contribution in [3.05, 3.63) is 12.1 Å². The Labute approximate surface area is 231 Å². The summed E-state index contributed by atoms with van der Waals surface area (Å²) in [7, 11) is -2.60. The van der Waals surface area contributed by atoms with E-state index in [1.54, 1.807) is 29.3 Å². The Bertz CT molecular complexity index is 886. The molecule has 3 rings (SSSR count). The van der Waals surface area contributed by atoms with Crippen LogP contribution in [-0.2, 0) is 0 Å². The van der Waals surface area contributed by atoms with Crippen LogP contribution in [0.4, 0.5) is 0 Å². The molecule has 2 aromatic heterocycles. The number of rotatable bonds is 15. The molecule has 1 atom stereocenters. The fourth-order valence-electron chi connectivity index (χ4n) is 5.95. The molecule has 0 radical (unpaired) electrons. The van der Waals surface area contributed by atoms with Gasteiger partial charge in [0.1, 0.15) is 0 Å². The van der Waals surface area contributed by atoms with Gasteiger partial charge in [0.2, 0.25) is 0 Å². The van der Waals surface area contributed by atoms with Crippen molar-refractivity contribution in [2.45, 2.75) is 135 Å². The molecular formula is C30H54GeS2Si2. The van der Waals surface area contributed by atoms with Gasteiger partial charge in [-0.2, -0.15) is 0 Å². The predicted molar refractivity (Wildman–Crippen MR) is 175 cm³/mol. The molecule has 0 spiro atoms. The summed E-state index contributed by atoms with van der Waals surface area (Å²) < 4.78 is 7.44. The van der Waals surface area contributed by atoms with Gasteiger partial charge in [-0.1, -0.05) is 0 Å². The number of unbranched alkanes of at least 4 members (excludes halogenated alkanes) is 6. The van der Waals surface area contributed by atoms with Crippen molar-refractivity contribution in [3.8, 4) is 9.75 Å². The molecule has 0 N–H and O–H groups in total. The minimum absolute atomic E-state index is 0.930. The van der Waals surface area contributed by atoms with Gasteiger partial charge in [-0.15, -0.1) is 0 Å². The van der Waals surface area contributed by atoms with Crippen LogP contribution in [0.2, 0.25) is 49.8 Å². The van der Waals surface area contributed by atoms with Crippen LogP contribution < -0.4 is 17.8 Å². The molecule has 0 fully saturated rings. The Morgan fingerprint density at radius 1 is 0.686 bits per heavy atom. The molecule has 0 nitrogen and oxygen atoms in total. The van der Waals surface area contributed by atoms with Crippen LogP contribution in [0.25, 0.3) is 9.75 Å². The molecule has 0 saturated carbocycles. The molecule has 2 aromatic rings. The van der Waals surface area contributed by atoms with E-state index in [2.05, 4.69) is 94.9 Å². The maximum atomic E-state index is 2.82. The molecule has 1 unspecified atom stereocenters. The Morgan fingerprint density at radius 3 is 1.63 bits per heavy atom. The average Bonchev–Trinajstić information content (AvgIpc) is 3.46. The van der Waals surface area contributed by atoms with Crippen molar-refractivity contribution < 1.29 is 0 Å². The number of fused-ring (bicyclic) bond motifs is 3. The van der Waals surface area contributed by atoms with Crippen LogP contribution in [0.3, 0.4) is 0 Å². The van der Waals surface area contributed by atoms with Crippen molar-refractivity contribution in [2.24, 2.45) is 5.92 Å². The van der Waals surface area contributed by atoms with Crippen molar-refractivity contribution in [3.63, 3.8) is 0 Å². The van der Waals surface area contributed by atoms with Gasteiger partial charge in [-0.25, -0.2) is 0 Å². The molecule has 35 heavy (non-hydrogen) atoms. The molecule has 0 amide bonds. The van der Waals surface area contributed by atoms with E-state index in [4.69, 9.17) is 0 Å². The minimum atomic E-state index is -2.43. The zero-order valence-electron chi connectivity index (χ0n) is 24.5. The van der Waals surface area contributed by atoms with E-state index in [1.165, 1.54) is 64.2 Å². The normalized spacial score (nSPS) is 15.9. The van der Waals surface area contributed by atoms with Crippen LogP contribution in [-0.4, -0.2) is 29.4 Å². The first-order valence-electron chi connectivity index (χ1n) is 14.8. The number of hydrogen-bond acceptors (Lipinski definition) is 2. The third-order valence-electron chi connectivity index (χ3n) is 8.32. The van der Waals surface area contributed by atoms with Crippen LogP contribution in [0.15, 0.2) is 12.1 Å². The second-order valence-electron chi connectivity index (χ2n) is 13.4. The molecule has 1 aliphatic heterocycles. The summed E-state index contributed by atoms with van der Waals surface area (Å²) in [5.74, 6) is 0.930. The van der Waals surface area contributed by atoms with E-state index in [0.29, 0.717) is 0 Å². The Kier molecular flexibility index (Phi) is 10.7. The second-order valence-corrected chi connectivity index (χ2v) is 35.0. The van der Waals surface area contributed by atoms with Gasteiger partial charge in [0.15, 0.2) is 0 Å².